The predicted molar refractivity (Wildman–Crippen MR) is 114 cm³/mol. The maximum atomic E-state index is 12.9. The van der Waals surface area contributed by atoms with Gasteiger partial charge in [0.25, 0.3) is 5.91 Å². The number of halogens is 3. The number of hydrogen-bond acceptors (Lipinski definition) is 5. The highest BCUT2D eigenvalue weighted by Crippen LogP contribution is 2.24. The monoisotopic (exact) mass is 461 g/mol. The number of nitrogens with one attached hydrogen (secondary N) is 1. The molecule has 3 rings (SSSR count). The van der Waals surface area contributed by atoms with Crippen LogP contribution in [0.3, 0.4) is 0 Å². The number of benzene rings is 1. The van der Waals surface area contributed by atoms with E-state index in [0.29, 0.717) is 17.8 Å². The van der Waals surface area contributed by atoms with Crippen LogP contribution < -0.4 is 15.0 Å². The Balaban J connectivity index is 1.78. The highest BCUT2D eigenvalue weighted by Gasteiger charge is 2.31. The first-order valence-electron chi connectivity index (χ1n) is 10.2. The van der Waals surface area contributed by atoms with Gasteiger partial charge in [0.15, 0.2) is 0 Å². The fourth-order valence-corrected chi connectivity index (χ4v) is 3.13. The highest BCUT2D eigenvalue weighted by atomic mass is 19.4. The van der Waals surface area contributed by atoms with E-state index >= 15 is 0 Å². The van der Waals surface area contributed by atoms with E-state index in [-0.39, 0.29) is 12.1 Å². The molecular formula is C22H22F3N5O3. The Kier molecular flexibility index (Phi) is 7.31. The van der Waals surface area contributed by atoms with Gasteiger partial charge in [-0.15, -0.1) is 13.2 Å². The highest BCUT2D eigenvalue weighted by molar-refractivity contribution is 6.09. The van der Waals surface area contributed by atoms with E-state index in [0.717, 1.165) is 36.4 Å². The molecule has 3 amide bonds. The van der Waals surface area contributed by atoms with Crippen LogP contribution in [0.4, 0.5) is 23.7 Å². The third-order valence-electron chi connectivity index (χ3n) is 4.59. The number of hydrogen-bond donors (Lipinski definition) is 1. The zero-order valence-electron chi connectivity index (χ0n) is 18.0. The van der Waals surface area contributed by atoms with Crippen LogP contribution in [0.2, 0.25) is 0 Å². The van der Waals surface area contributed by atoms with Crippen LogP contribution in [-0.2, 0) is 6.42 Å². The van der Waals surface area contributed by atoms with Gasteiger partial charge in [-0.05, 0) is 49.7 Å². The number of rotatable bonds is 7. The molecule has 2 heterocycles. The summed E-state index contributed by atoms with van der Waals surface area (Å²) in [6.45, 7) is 4.00. The Hall–Kier alpha value is -3.89. The summed E-state index contributed by atoms with van der Waals surface area (Å²) in [6.07, 6.45) is 1.54. The second-order valence-corrected chi connectivity index (χ2v) is 6.94. The molecule has 0 unspecified atom stereocenters. The van der Waals surface area contributed by atoms with Gasteiger partial charge in [-0.3, -0.25) is 20.0 Å². The van der Waals surface area contributed by atoms with Gasteiger partial charge in [0.1, 0.15) is 5.75 Å². The third-order valence-corrected chi connectivity index (χ3v) is 4.59. The molecule has 0 bridgehead atoms. The average Bonchev–Trinajstić information content (AvgIpc) is 3.18. The molecule has 8 nitrogen and oxygen atoms in total. The maximum absolute atomic E-state index is 12.9. The third kappa shape index (κ3) is 6.09. The fourth-order valence-electron chi connectivity index (χ4n) is 3.13. The molecule has 0 fully saturated rings. The van der Waals surface area contributed by atoms with Crippen LogP contribution in [0.1, 0.15) is 36.3 Å². The zero-order valence-corrected chi connectivity index (χ0v) is 18.0. The number of aromatic nitrogens is 3. The molecule has 33 heavy (non-hydrogen) atoms. The predicted octanol–water partition coefficient (Wildman–Crippen LogP) is 4.49. The molecule has 0 atom stereocenters. The van der Waals surface area contributed by atoms with Crippen LogP contribution in [0.25, 0.3) is 5.69 Å². The van der Waals surface area contributed by atoms with Crippen molar-refractivity contribution in [2.45, 2.75) is 33.1 Å². The standard InChI is InChI=1S/C22H22F3N5O3/c1-3-6-18-19(14-30(28-18)16-7-5-12-26-13-16)29(4-2)21(32)27-20(31)15-8-10-17(11-9-15)33-22(23,24)25/h5,7-14H,3-4,6H2,1-2H3,(H,27,31,32). The van der Waals surface area contributed by atoms with Gasteiger partial charge in [-0.2, -0.15) is 5.10 Å². The van der Waals surface area contributed by atoms with Crippen molar-refractivity contribution in [1.29, 1.82) is 0 Å². The van der Waals surface area contributed by atoms with Crippen molar-refractivity contribution in [3.63, 3.8) is 0 Å². The van der Waals surface area contributed by atoms with Crippen molar-refractivity contribution in [2.75, 3.05) is 11.4 Å². The second-order valence-electron chi connectivity index (χ2n) is 6.94. The summed E-state index contributed by atoms with van der Waals surface area (Å²) in [6, 6.07) is 7.20. The van der Waals surface area contributed by atoms with Gasteiger partial charge in [-0.1, -0.05) is 13.3 Å². The first-order chi connectivity index (χ1) is 15.7. The van der Waals surface area contributed by atoms with Crippen molar-refractivity contribution < 1.29 is 27.5 Å². The number of carbonyl (C=O) groups is 2. The summed E-state index contributed by atoms with van der Waals surface area (Å²) < 4.78 is 42.3. The summed E-state index contributed by atoms with van der Waals surface area (Å²) >= 11 is 0. The number of amides is 3. The minimum absolute atomic E-state index is 0.00812. The van der Waals surface area contributed by atoms with Crippen LogP contribution in [0, 0.1) is 0 Å². The molecule has 0 spiro atoms. The average molecular weight is 461 g/mol. The number of anilines is 1. The summed E-state index contributed by atoms with van der Waals surface area (Å²) in [5.41, 5.74) is 1.95. The molecule has 3 aromatic rings. The first-order valence-corrected chi connectivity index (χ1v) is 10.2. The zero-order chi connectivity index (χ0) is 24.0. The van der Waals surface area contributed by atoms with Gasteiger partial charge in [-0.25, -0.2) is 9.48 Å². The van der Waals surface area contributed by atoms with Crippen molar-refractivity contribution in [2.24, 2.45) is 0 Å². The van der Waals surface area contributed by atoms with Crippen molar-refractivity contribution >= 4 is 17.6 Å². The number of pyridine rings is 1. The molecule has 0 aliphatic heterocycles. The van der Waals surface area contributed by atoms with E-state index < -0.39 is 24.1 Å². The van der Waals surface area contributed by atoms with Gasteiger partial charge in [0, 0.05) is 18.3 Å². The van der Waals surface area contributed by atoms with E-state index in [1.54, 1.807) is 36.3 Å². The number of alkyl halides is 3. The van der Waals surface area contributed by atoms with Crippen LogP contribution in [0.15, 0.2) is 55.0 Å². The quantitative estimate of drug-likeness (QED) is 0.560. The van der Waals surface area contributed by atoms with E-state index in [2.05, 4.69) is 20.1 Å². The van der Waals surface area contributed by atoms with Gasteiger partial charge in [0.2, 0.25) is 0 Å². The van der Waals surface area contributed by atoms with Crippen molar-refractivity contribution in [3.05, 3.63) is 66.2 Å². The van der Waals surface area contributed by atoms with E-state index in [1.165, 1.54) is 4.90 Å². The normalized spacial score (nSPS) is 11.2. The molecular weight excluding hydrogens is 439 g/mol. The summed E-state index contributed by atoms with van der Waals surface area (Å²) in [5.74, 6) is -1.22. The molecule has 1 aromatic carbocycles. The van der Waals surface area contributed by atoms with Crippen LogP contribution >= 0.6 is 0 Å². The van der Waals surface area contributed by atoms with Crippen LogP contribution in [0.5, 0.6) is 5.75 Å². The summed E-state index contributed by atoms with van der Waals surface area (Å²) in [4.78, 5) is 30.8. The molecule has 2 aromatic heterocycles. The number of ether oxygens (including phenoxy) is 1. The number of urea groups is 1. The minimum Gasteiger partial charge on any atom is -0.406 e. The SMILES string of the molecule is CCCc1nn(-c2cccnc2)cc1N(CC)C(=O)NC(=O)c1ccc(OC(F)(F)F)cc1. The lowest BCUT2D eigenvalue weighted by Crippen LogP contribution is -2.43. The molecule has 1 N–H and O–H groups in total. The maximum Gasteiger partial charge on any atom is 0.573 e. The number of nitrogens with zero attached hydrogens (tertiary/aromatic N) is 4. The Morgan fingerprint density at radius 1 is 1.15 bits per heavy atom. The van der Waals surface area contributed by atoms with Gasteiger partial charge < -0.3 is 4.74 Å². The molecule has 0 aliphatic rings. The smallest absolute Gasteiger partial charge is 0.406 e. The number of aryl methyl sites for hydroxylation is 1. The first kappa shape index (κ1) is 23.8. The molecule has 174 valence electrons. The molecule has 11 heteroatoms. The Morgan fingerprint density at radius 3 is 2.45 bits per heavy atom. The van der Waals surface area contributed by atoms with Crippen molar-refractivity contribution in [1.82, 2.24) is 20.1 Å². The molecule has 0 saturated carbocycles. The van der Waals surface area contributed by atoms with E-state index in [1.807, 2.05) is 13.0 Å². The Labute approximate surface area is 188 Å². The van der Waals surface area contributed by atoms with E-state index in [4.69, 9.17) is 0 Å². The molecule has 0 radical (unpaired) electrons. The lowest BCUT2D eigenvalue weighted by Gasteiger charge is -2.20. The van der Waals surface area contributed by atoms with Gasteiger partial charge >= 0.3 is 12.4 Å². The summed E-state index contributed by atoms with van der Waals surface area (Å²) in [7, 11) is 0. The lowest BCUT2D eigenvalue weighted by atomic mass is 10.2. The van der Waals surface area contributed by atoms with Gasteiger partial charge in [0.05, 0.1) is 29.5 Å². The van der Waals surface area contributed by atoms with E-state index in [9.17, 15) is 22.8 Å². The van der Waals surface area contributed by atoms with Crippen molar-refractivity contribution in [3.8, 4) is 11.4 Å². The Morgan fingerprint density at radius 2 is 1.88 bits per heavy atom. The molecule has 0 aliphatic carbocycles. The minimum atomic E-state index is -4.84. The topological polar surface area (TPSA) is 89.4 Å². The largest absolute Gasteiger partial charge is 0.573 e. The molecule has 0 saturated heterocycles. The number of imide groups is 1. The summed E-state index contributed by atoms with van der Waals surface area (Å²) in [5, 5.41) is 6.83. The Bertz CT molecular complexity index is 1100. The fraction of sp³-hybridized carbons (Fsp3) is 0.273. The number of carbonyl (C=O) groups excluding carboxylic acids is 2. The van der Waals surface area contributed by atoms with Crippen LogP contribution in [-0.4, -0.2) is 39.6 Å². The second kappa shape index (κ2) is 10.2. The lowest BCUT2D eigenvalue weighted by molar-refractivity contribution is -0.274.